The molecule has 4 nitrogen and oxygen atoms in total. The number of alkyl halides is 3. The molecule has 0 amide bonds. The zero-order valence-electron chi connectivity index (χ0n) is 16.4. The number of aromatic nitrogens is 2. The number of rotatable bonds is 3. The molecule has 1 saturated heterocycles. The van der Waals surface area contributed by atoms with Crippen LogP contribution < -0.4 is 0 Å². The highest BCUT2D eigenvalue weighted by molar-refractivity contribution is 5.40. The molecule has 3 heterocycles. The normalized spacial score (nSPS) is 18.6. The van der Waals surface area contributed by atoms with Gasteiger partial charge >= 0.3 is 6.18 Å². The minimum absolute atomic E-state index is 0.386. The van der Waals surface area contributed by atoms with Crippen molar-refractivity contribution < 1.29 is 17.9 Å². The monoisotopic (exact) mass is 413 g/mol. The summed E-state index contributed by atoms with van der Waals surface area (Å²) in [5.74, 6) is 0. The van der Waals surface area contributed by atoms with Gasteiger partial charge in [-0.15, -0.1) is 0 Å². The summed E-state index contributed by atoms with van der Waals surface area (Å²) in [6.07, 6.45) is 0.936. The fraction of sp³-hybridized carbons (Fsp3) is 0.348. The smallest absolute Gasteiger partial charge is 0.365 e. The van der Waals surface area contributed by atoms with Gasteiger partial charge in [0.2, 0.25) is 0 Å². The van der Waals surface area contributed by atoms with Gasteiger partial charge in [-0.25, -0.2) is 4.68 Å². The van der Waals surface area contributed by atoms with E-state index in [9.17, 15) is 13.2 Å². The van der Waals surface area contributed by atoms with E-state index in [2.05, 4.69) is 10.00 Å². The van der Waals surface area contributed by atoms with Crippen LogP contribution in [0.3, 0.4) is 0 Å². The quantitative estimate of drug-likeness (QED) is 0.611. The second-order valence-corrected chi connectivity index (χ2v) is 8.06. The highest BCUT2D eigenvalue weighted by Gasteiger charge is 2.44. The van der Waals surface area contributed by atoms with Gasteiger partial charge in [0, 0.05) is 31.4 Å². The Morgan fingerprint density at radius 3 is 2.53 bits per heavy atom. The lowest BCUT2D eigenvalue weighted by Crippen LogP contribution is -2.42. The van der Waals surface area contributed by atoms with Crippen LogP contribution in [0.4, 0.5) is 13.2 Å². The van der Waals surface area contributed by atoms with E-state index in [-0.39, 0.29) is 0 Å². The lowest BCUT2D eigenvalue weighted by molar-refractivity contribution is -0.137. The van der Waals surface area contributed by atoms with E-state index in [4.69, 9.17) is 4.74 Å². The summed E-state index contributed by atoms with van der Waals surface area (Å²) in [6.45, 7) is 2.69. The summed E-state index contributed by atoms with van der Waals surface area (Å²) < 4.78 is 47.5. The average molecular weight is 413 g/mol. The van der Waals surface area contributed by atoms with Gasteiger partial charge in [-0.3, -0.25) is 4.90 Å². The van der Waals surface area contributed by atoms with Crippen molar-refractivity contribution in [1.82, 2.24) is 14.7 Å². The number of benzene rings is 2. The summed E-state index contributed by atoms with van der Waals surface area (Å²) >= 11 is 0. The van der Waals surface area contributed by atoms with Gasteiger partial charge in [0.05, 0.1) is 29.7 Å². The SMILES string of the molecule is FC(F)(F)c1ccc2c(c1)C1(CCN(Cc3cnn(-c4ccccc4)c3)CC1)OC2. The van der Waals surface area contributed by atoms with Crippen molar-refractivity contribution in [3.63, 3.8) is 0 Å². The van der Waals surface area contributed by atoms with E-state index < -0.39 is 17.3 Å². The van der Waals surface area contributed by atoms with Gasteiger partial charge in [0.15, 0.2) is 0 Å². The minimum Gasteiger partial charge on any atom is -0.365 e. The van der Waals surface area contributed by atoms with Crippen molar-refractivity contribution in [2.24, 2.45) is 0 Å². The number of likely N-dealkylation sites (tertiary alicyclic amines) is 1. The molecule has 2 aromatic carbocycles. The Bertz CT molecular complexity index is 1040. The molecule has 3 aromatic rings. The Balaban J connectivity index is 1.27. The summed E-state index contributed by atoms with van der Waals surface area (Å²) in [5, 5.41) is 4.44. The van der Waals surface area contributed by atoms with Crippen molar-refractivity contribution in [1.29, 1.82) is 0 Å². The maximum atomic E-state index is 13.2. The molecule has 0 N–H and O–H groups in total. The van der Waals surface area contributed by atoms with Crippen molar-refractivity contribution in [3.05, 3.63) is 83.2 Å². The van der Waals surface area contributed by atoms with Gasteiger partial charge < -0.3 is 4.74 Å². The zero-order chi connectivity index (χ0) is 20.8. The first-order chi connectivity index (χ1) is 14.4. The molecule has 7 heteroatoms. The molecule has 30 heavy (non-hydrogen) atoms. The first-order valence-corrected chi connectivity index (χ1v) is 10.1. The molecule has 156 valence electrons. The number of ether oxygens (including phenoxy) is 1. The fourth-order valence-electron chi connectivity index (χ4n) is 4.50. The van der Waals surface area contributed by atoms with E-state index in [0.717, 1.165) is 42.5 Å². The van der Waals surface area contributed by atoms with Crippen LogP contribution in [0.15, 0.2) is 60.9 Å². The highest BCUT2D eigenvalue weighted by atomic mass is 19.4. The summed E-state index contributed by atoms with van der Waals surface area (Å²) in [4.78, 5) is 2.31. The standard InChI is InChI=1S/C23H22F3N3O/c24-23(25,26)19-7-6-18-16-30-22(21(18)12-19)8-10-28(11-9-22)14-17-13-27-29(15-17)20-4-2-1-3-5-20/h1-7,12-13,15H,8-11,14,16H2. The van der Waals surface area contributed by atoms with E-state index in [0.29, 0.717) is 25.0 Å². The summed E-state index contributed by atoms with van der Waals surface area (Å²) in [6, 6.07) is 13.9. The molecule has 2 aliphatic rings. The van der Waals surface area contributed by atoms with Crippen LogP contribution in [0.25, 0.3) is 5.69 Å². The minimum atomic E-state index is -4.33. The number of hydrogen-bond acceptors (Lipinski definition) is 3. The Morgan fingerprint density at radius 1 is 1.03 bits per heavy atom. The second kappa shape index (κ2) is 7.25. The van der Waals surface area contributed by atoms with E-state index in [1.54, 1.807) is 6.07 Å². The Hall–Kier alpha value is -2.64. The van der Waals surface area contributed by atoms with Crippen molar-refractivity contribution in [2.75, 3.05) is 13.1 Å². The van der Waals surface area contributed by atoms with Crippen molar-refractivity contribution in [3.8, 4) is 5.69 Å². The molecule has 0 radical (unpaired) electrons. The van der Waals surface area contributed by atoms with Crippen molar-refractivity contribution in [2.45, 2.75) is 37.8 Å². The van der Waals surface area contributed by atoms with Crippen LogP contribution >= 0.6 is 0 Å². The first kappa shape index (κ1) is 19.3. The second-order valence-electron chi connectivity index (χ2n) is 8.06. The molecule has 0 bridgehead atoms. The number of piperidine rings is 1. The predicted molar refractivity (Wildman–Crippen MR) is 106 cm³/mol. The number of fused-ring (bicyclic) bond motifs is 2. The molecule has 0 saturated carbocycles. The maximum absolute atomic E-state index is 13.2. The Kier molecular flexibility index (Phi) is 4.67. The summed E-state index contributed by atoms with van der Waals surface area (Å²) in [7, 11) is 0. The topological polar surface area (TPSA) is 30.3 Å². The molecule has 2 aliphatic heterocycles. The average Bonchev–Trinajstić information content (AvgIpc) is 3.35. The van der Waals surface area contributed by atoms with Crippen LogP contribution in [0, 0.1) is 0 Å². The molecule has 0 aliphatic carbocycles. The van der Waals surface area contributed by atoms with Gasteiger partial charge in [0.1, 0.15) is 0 Å². The Labute approximate surface area is 172 Å². The van der Waals surface area contributed by atoms with Crippen LogP contribution in [-0.2, 0) is 29.7 Å². The summed E-state index contributed by atoms with van der Waals surface area (Å²) in [5.41, 5.74) is 2.53. The highest BCUT2D eigenvalue weighted by Crippen LogP contribution is 2.46. The molecule has 1 fully saturated rings. The molecular weight excluding hydrogens is 391 g/mol. The van der Waals surface area contributed by atoms with E-state index >= 15 is 0 Å². The number of hydrogen-bond donors (Lipinski definition) is 0. The largest absolute Gasteiger partial charge is 0.416 e. The fourth-order valence-corrected chi connectivity index (χ4v) is 4.50. The Morgan fingerprint density at radius 2 is 1.80 bits per heavy atom. The van der Waals surface area contributed by atoms with Crippen LogP contribution in [0.1, 0.15) is 35.1 Å². The molecule has 0 unspecified atom stereocenters. The maximum Gasteiger partial charge on any atom is 0.416 e. The first-order valence-electron chi connectivity index (χ1n) is 10.1. The third kappa shape index (κ3) is 3.52. The number of para-hydroxylation sites is 1. The molecule has 1 aromatic heterocycles. The van der Waals surface area contributed by atoms with Crippen molar-refractivity contribution >= 4 is 0 Å². The van der Waals surface area contributed by atoms with Crippen LogP contribution in [0.2, 0.25) is 0 Å². The lowest BCUT2D eigenvalue weighted by atomic mass is 9.83. The van der Waals surface area contributed by atoms with E-state index in [1.165, 1.54) is 6.07 Å². The van der Waals surface area contributed by atoms with Gasteiger partial charge in [0.25, 0.3) is 0 Å². The van der Waals surface area contributed by atoms with Gasteiger partial charge in [-0.2, -0.15) is 18.3 Å². The van der Waals surface area contributed by atoms with Gasteiger partial charge in [-0.05, 0) is 48.2 Å². The number of nitrogens with zero attached hydrogens (tertiary/aromatic N) is 3. The lowest BCUT2D eigenvalue weighted by Gasteiger charge is -2.39. The predicted octanol–water partition coefficient (Wildman–Crippen LogP) is 4.91. The molecular formula is C23H22F3N3O. The third-order valence-corrected chi connectivity index (χ3v) is 6.16. The van der Waals surface area contributed by atoms with Crippen LogP contribution in [0.5, 0.6) is 0 Å². The zero-order valence-corrected chi connectivity index (χ0v) is 16.4. The molecule has 0 atom stereocenters. The van der Waals surface area contributed by atoms with E-state index in [1.807, 2.05) is 47.4 Å². The number of halogens is 3. The third-order valence-electron chi connectivity index (χ3n) is 6.16. The van der Waals surface area contributed by atoms with Gasteiger partial charge in [-0.1, -0.05) is 24.3 Å². The molecule has 5 rings (SSSR count). The molecule has 1 spiro atoms. The van der Waals surface area contributed by atoms with Crippen LogP contribution in [-0.4, -0.2) is 27.8 Å².